The Hall–Kier alpha value is -3.73. The first-order chi connectivity index (χ1) is 15.2. The molecule has 10 nitrogen and oxygen atoms in total. The highest BCUT2D eigenvalue weighted by molar-refractivity contribution is 9.10. The Morgan fingerprint density at radius 1 is 1.13 bits per heavy atom. The van der Waals surface area contributed by atoms with Gasteiger partial charge in [0.05, 0.1) is 29.5 Å². The molecule has 0 saturated heterocycles. The molecule has 0 aliphatic heterocycles. The van der Waals surface area contributed by atoms with Crippen molar-refractivity contribution in [1.82, 2.24) is 39.3 Å². The minimum Gasteiger partial charge on any atom is -0.318 e. The maximum absolute atomic E-state index is 12.3. The van der Waals surface area contributed by atoms with Crippen LogP contribution in [0.1, 0.15) is 18.9 Å². The lowest BCUT2D eigenvalue weighted by atomic mass is 10.2. The summed E-state index contributed by atoms with van der Waals surface area (Å²) in [5.41, 5.74) is 1.86. The van der Waals surface area contributed by atoms with Crippen LogP contribution in [0.5, 0.6) is 0 Å². The second-order valence-electron chi connectivity index (χ2n) is 7.23. The normalized spacial score (nSPS) is 13.7. The number of anilines is 2. The van der Waals surface area contributed by atoms with Gasteiger partial charge in [0.25, 0.3) is 5.56 Å². The van der Waals surface area contributed by atoms with Crippen molar-refractivity contribution in [3.63, 3.8) is 0 Å². The topological polar surface area (TPSA) is 116 Å². The van der Waals surface area contributed by atoms with Crippen molar-refractivity contribution in [2.45, 2.75) is 18.9 Å². The summed E-state index contributed by atoms with van der Waals surface area (Å²) >= 11 is 3.55. The van der Waals surface area contributed by atoms with Crippen LogP contribution in [0.25, 0.3) is 27.9 Å². The summed E-state index contributed by atoms with van der Waals surface area (Å²) in [6.07, 6.45) is 10.2. The van der Waals surface area contributed by atoms with Crippen molar-refractivity contribution in [3.8, 4) is 11.4 Å². The van der Waals surface area contributed by atoms with E-state index in [9.17, 15) is 4.79 Å². The molecule has 0 amide bonds. The Balaban J connectivity index is 1.57. The molecule has 1 fully saturated rings. The van der Waals surface area contributed by atoms with Gasteiger partial charge >= 0.3 is 0 Å². The maximum atomic E-state index is 12.3. The first-order valence-corrected chi connectivity index (χ1v) is 10.4. The molecule has 1 aliphatic carbocycles. The number of hydrogen-bond acceptors (Lipinski definition) is 8. The Morgan fingerprint density at radius 2 is 2.03 bits per heavy atom. The monoisotopic (exact) mass is 475 g/mol. The highest BCUT2D eigenvalue weighted by Crippen LogP contribution is 2.35. The van der Waals surface area contributed by atoms with Gasteiger partial charge in [-0.3, -0.25) is 14.5 Å². The van der Waals surface area contributed by atoms with Crippen molar-refractivity contribution in [2.24, 2.45) is 0 Å². The van der Waals surface area contributed by atoms with E-state index in [4.69, 9.17) is 9.97 Å². The van der Waals surface area contributed by atoms with Crippen molar-refractivity contribution < 1.29 is 0 Å². The molecule has 1 saturated carbocycles. The standard InChI is InChI=1S/C20H14BrN9O/c21-14-3-1-2-13-16(14)26-20(25-15-9-22-6-7-23-19(15)31)30-18(13)27-17(28-30)11-8-24-29(10-11)12-4-5-12/h1-3,6-10,12H,4-5H2,(H,23,25,26,31). The van der Waals surface area contributed by atoms with E-state index in [2.05, 4.69) is 41.4 Å². The minimum absolute atomic E-state index is 0.184. The zero-order valence-corrected chi connectivity index (χ0v) is 17.6. The molecular weight excluding hydrogens is 462 g/mol. The van der Waals surface area contributed by atoms with Crippen molar-refractivity contribution in [3.05, 3.63) is 64.0 Å². The van der Waals surface area contributed by atoms with Gasteiger partial charge in [-0.1, -0.05) is 6.07 Å². The third kappa shape index (κ3) is 3.13. The van der Waals surface area contributed by atoms with E-state index < -0.39 is 5.56 Å². The van der Waals surface area contributed by atoms with Gasteiger partial charge in [-0.25, -0.2) is 15.0 Å². The van der Waals surface area contributed by atoms with Crippen molar-refractivity contribution >= 4 is 44.1 Å². The summed E-state index contributed by atoms with van der Waals surface area (Å²) in [5, 5.41) is 13.0. The van der Waals surface area contributed by atoms with Gasteiger partial charge < -0.3 is 5.32 Å². The Morgan fingerprint density at radius 3 is 2.90 bits per heavy atom. The summed E-state index contributed by atoms with van der Waals surface area (Å²) in [6, 6.07) is 6.22. The van der Waals surface area contributed by atoms with Crippen molar-refractivity contribution in [2.75, 3.05) is 5.32 Å². The van der Waals surface area contributed by atoms with Crippen LogP contribution in [0.2, 0.25) is 0 Å². The lowest BCUT2D eigenvalue weighted by Crippen LogP contribution is -2.12. The summed E-state index contributed by atoms with van der Waals surface area (Å²) in [7, 11) is 0. The van der Waals surface area contributed by atoms with Crippen LogP contribution < -0.4 is 10.9 Å². The molecule has 5 aromatic rings. The van der Waals surface area contributed by atoms with E-state index in [1.54, 1.807) is 10.7 Å². The fourth-order valence-corrected chi connectivity index (χ4v) is 3.84. The predicted molar refractivity (Wildman–Crippen MR) is 117 cm³/mol. The van der Waals surface area contributed by atoms with Crippen LogP contribution >= 0.6 is 15.9 Å². The number of hydrogen-bond donors (Lipinski definition) is 1. The lowest BCUT2D eigenvalue weighted by molar-refractivity contribution is 0.642. The van der Waals surface area contributed by atoms with Crippen LogP contribution in [-0.4, -0.2) is 39.3 Å². The van der Waals surface area contributed by atoms with Gasteiger partial charge in [0, 0.05) is 28.4 Å². The Bertz CT molecular complexity index is 1520. The van der Waals surface area contributed by atoms with Gasteiger partial charge in [0.1, 0.15) is 5.69 Å². The quantitative estimate of drug-likeness (QED) is 0.421. The molecule has 0 spiro atoms. The van der Waals surface area contributed by atoms with Gasteiger partial charge in [0.15, 0.2) is 11.5 Å². The second-order valence-corrected chi connectivity index (χ2v) is 8.09. The largest absolute Gasteiger partial charge is 0.318 e. The van der Waals surface area contributed by atoms with Crippen LogP contribution in [0.15, 0.2) is 58.5 Å². The molecule has 0 atom stereocenters. The molecule has 4 aromatic heterocycles. The Kier molecular flexibility index (Phi) is 4.03. The summed E-state index contributed by atoms with van der Waals surface area (Å²) in [6.45, 7) is 0. The molecule has 1 aromatic carbocycles. The molecule has 0 unspecified atom stereocenters. The zero-order valence-electron chi connectivity index (χ0n) is 16.0. The predicted octanol–water partition coefficient (Wildman–Crippen LogP) is 3.13. The first kappa shape index (κ1) is 18.1. The number of benzene rings is 1. The molecule has 4 heterocycles. The molecule has 11 heteroatoms. The van der Waals surface area contributed by atoms with Gasteiger partial charge in [-0.05, 0) is 40.9 Å². The van der Waals surface area contributed by atoms with Crippen molar-refractivity contribution in [1.29, 1.82) is 0 Å². The Labute approximate surface area is 183 Å². The first-order valence-electron chi connectivity index (χ1n) is 9.64. The summed E-state index contributed by atoms with van der Waals surface area (Å²) in [5.74, 6) is 0.857. The van der Waals surface area contributed by atoms with E-state index in [-0.39, 0.29) is 5.69 Å². The minimum atomic E-state index is -0.453. The molecule has 31 heavy (non-hydrogen) atoms. The van der Waals surface area contributed by atoms with Gasteiger partial charge in [-0.15, -0.1) is 5.10 Å². The molecule has 152 valence electrons. The van der Waals surface area contributed by atoms with E-state index in [0.717, 1.165) is 28.3 Å². The van der Waals surface area contributed by atoms with Crippen LogP contribution in [0.3, 0.4) is 0 Å². The highest BCUT2D eigenvalue weighted by atomic mass is 79.9. The van der Waals surface area contributed by atoms with E-state index >= 15 is 0 Å². The number of nitrogens with one attached hydrogen (secondary N) is 1. The van der Waals surface area contributed by atoms with E-state index in [1.807, 2.05) is 29.1 Å². The van der Waals surface area contributed by atoms with E-state index in [1.165, 1.54) is 18.6 Å². The third-order valence-electron chi connectivity index (χ3n) is 5.06. The molecular formula is C20H14BrN9O. The number of rotatable bonds is 4. The third-order valence-corrected chi connectivity index (χ3v) is 5.70. The molecule has 1 N–H and O–H groups in total. The van der Waals surface area contributed by atoms with Gasteiger partial charge in [0.2, 0.25) is 5.95 Å². The summed E-state index contributed by atoms with van der Waals surface area (Å²) in [4.78, 5) is 29.6. The molecule has 1 aliphatic rings. The highest BCUT2D eigenvalue weighted by Gasteiger charge is 2.25. The van der Waals surface area contributed by atoms with E-state index in [0.29, 0.717) is 29.0 Å². The molecule has 0 radical (unpaired) electrons. The smallest absolute Gasteiger partial charge is 0.295 e. The van der Waals surface area contributed by atoms with Crippen LogP contribution in [0.4, 0.5) is 11.6 Å². The number of halogens is 1. The average molecular weight is 476 g/mol. The fraction of sp³-hybridized carbons (Fsp3) is 0.150. The number of aromatic nitrogens is 8. The number of para-hydroxylation sites is 1. The number of nitrogens with zero attached hydrogens (tertiary/aromatic N) is 8. The van der Waals surface area contributed by atoms with Crippen LogP contribution in [0, 0.1) is 0 Å². The number of fused-ring (bicyclic) bond motifs is 3. The lowest BCUT2D eigenvalue weighted by Gasteiger charge is -2.08. The fourth-order valence-electron chi connectivity index (χ4n) is 3.38. The van der Waals surface area contributed by atoms with Gasteiger partial charge in [-0.2, -0.15) is 9.61 Å². The molecule has 0 bridgehead atoms. The second kappa shape index (κ2) is 6.91. The molecule has 6 rings (SSSR count). The average Bonchev–Trinajstić information content (AvgIpc) is 3.38. The summed E-state index contributed by atoms with van der Waals surface area (Å²) < 4.78 is 4.35. The maximum Gasteiger partial charge on any atom is 0.295 e. The zero-order chi connectivity index (χ0) is 20.9. The van der Waals surface area contributed by atoms with Crippen LogP contribution in [-0.2, 0) is 0 Å². The SMILES string of the molecule is O=c1nccncc1Nc1nc2c(Br)cccc2c2nc(-c3cnn(C4CC4)c3)nn12.